The minimum atomic E-state index is -0.705. The molecule has 1 aliphatic carbocycles. The second kappa shape index (κ2) is 3.38. The molecule has 0 saturated carbocycles. The Labute approximate surface area is 91.3 Å². The van der Waals surface area contributed by atoms with Crippen molar-refractivity contribution in [3.8, 4) is 0 Å². The summed E-state index contributed by atoms with van der Waals surface area (Å²) in [5, 5.41) is 10.3. The number of fused-ring (bicyclic) bond motifs is 1. The summed E-state index contributed by atoms with van der Waals surface area (Å²) in [6.45, 7) is 8.28. The molecule has 2 rings (SSSR count). The Morgan fingerprint density at radius 2 is 2.20 bits per heavy atom. The lowest BCUT2D eigenvalue weighted by atomic mass is 9.79. The van der Waals surface area contributed by atoms with E-state index in [1.165, 1.54) is 0 Å². The molecular formula is C13H20O2. The molecule has 1 N–H and O–H groups in total. The third-order valence-electron chi connectivity index (χ3n) is 3.26. The van der Waals surface area contributed by atoms with E-state index in [4.69, 9.17) is 4.42 Å². The highest BCUT2D eigenvalue weighted by Crippen LogP contribution is 2.40. The molecule has 84 valence electrons. The van der Waals surface area contributed by atoms with Gasteiger partial charge in [0.15, 0.2) is 0 Å². The Bertz CT molecular complexity index is 361. The van der Waals surface area contributed by atoms with Gasteiger partial charge >= 0.3 is 0 Å². The van der Waals surface area contributed by atoms with Crippen molar-refractivity contribution in [2.24, 2.45) is 5.92 Å². The highest BCUT2D eigenvalue weighted by Gasteiger charge is 2.36. The van der Waals surface area contributed by atoms with Crippen LogP contribution in [-0.4, -0.2) is 5.11 Å². The monoisotopic (exact) mass is 208 g/mol. The summed E-state index contributed by atoms with van der Waals surface area (Å²) in [4.78, 5) is 0. The zero-order valence-corrected chi connectivity index (χ0v) is 10.0. The lowest BCUT2D eigenvalue weighted by molar-refractivity contribution is 0.0205. The molecule has 0 spiro atoms. The van der Waals surface area contributed by atoms with Crippen LogP contribution in [0.5, 0.6) is 0 Å². The molecule has 1 aliphatic rings. The Morgan fingerprint density at radius 1 is 1.53 bits per heavy atom. The first-order valence-electron chi connectivity index (χ1n) is 5.75. The fraction of sp³-hybridized carbons (Fsp3) is 0.692. The summed E-state index contributed by atoms with van der Waals surface area (Å²) in [6, 6.07) is 2.03. The van der Waals surface area contributed by atoms with Crippen molar-refractivity contribution in [1.29, 1.82) is 0 Å². The predicted molar refractivity (Wildman–Crippen MR) is 59.9 cm³/mol. The molecular weight excluding hydrogens is 188 g/mol. The maximum atomic E-state index is 10.3. The van der Waals surface area contributed by atoms with Gasteiger partial charge in [0.25, 0.3) is 0 Å². The smallest absolute Gasteiger partial charge is 0.110 e. The minimum absolute atomic E-state index is 0.390. The standard InChI is InChI=1S/C13H20O2/c1-8(2)11-6-10-12(15-11)5-9(3)7-13(10,4)14/h6,8-9,14H,5,7H2,1-4H3. The van der Waals surface area contributed by atoms with Gasteiger partial charge in [-0.15, -0.1) is 0 Å². The van der Waals surface area contributed by atoms with Gasteiger partial charge in [-0.1, -0.05) is 20.8 Å². The first-order chi connectivity index (χ1) is 6.90. The van der Waals surface area contributed by atoms with Gasteiger partial charge in [-0.25, -0.2) is 0 Å². The predicted octanol–water partition coefficient (Wildman–Crippen LogP) is 3.19. The van der Waals surface area contributed by atoms with Crippen LogP contribution in [0.4, 0.5) is 0 Å². The van der Waals surface area contributed by atoms with E-state index in [2.05, 4.69) is 20.8 Å². The van der Waals surface area contributed by atoms with Crippen LogP contribution in [0.25, 0.3) is 0 Å². The summed E-state index contributed by atoms with van der Waals surface area (Å²) in [5.41, 5.74) is 0.299. The zero-order chi connectivity index (χ0) is 11.2. The van der Waals surface area contributed by atoms with Gasteiger partial charge in [0.1, 0.15) is 11.5 Å². The van der Waals surface area contributed by atoms with Gasteiger partial charge in [-0.2, -0.15) is 0 Å². The molecule has 0 amide bonds. The van der Waals surface area contributed by atoms with E-state index in [1.54, 1.807) is 0 Å². The Morgan fingerprint density at radius 3 is 2.80 bits per heavy atom. The molecule has 1 aromatic rings. The Kier molecular flexibility index (Phi) is 2.42. The van der Waals surface area contributed by atoms with Gasteiger partial charge in [-0.05, 0) is 25.3 Å². The van der Waals surface area contributed by atoms with Gasteiger partial charge in [0.05, 0.1) is 5.60 Å². The number of aliphatic hydroxyl groups is 1. The average molecular weight is 208 g/mol. The van der Waals surface area contributed by atoms with E-state index in [1.807, 2.05) is 13.0 Å². The summed E-state index contributed by atoms with van der Waals surface area (Å²) < 4.78 is 5.81. The highest BCUT2D eigenvalue weighted by atomic mass is 16.3. The van der Waals surface area contributed by atoms with Crippen molar-refractivity contribution in [2.45, 2.75) is 52.1 Å². The summed E-state index contributed by atoms with van der Waals surface area (Å²) in [7, 11) is 0. The number of furan rings is 1. The molecule has 1 heterocycles. The molecule has 2 unspecified atom stereocenters. The molecule has 2 nitrogen and oxygen atoms in total. The van der Waals surface area contributed by atoms with Crippen LogP contribution in [-0.2, 0) is 12.0 Å². The van der Waals surface area contributed by atoms with E-state index in [-0.39, 0.29) is 0 Å². The molecule has 0 aromatic carbocycles. The molecule has 0 radical (unpaired) electrons. The third-order valence-corrected chi connectivity index (χ3v) is 3.26. The zero-order valence-electron chi connectivity index (χ0n) is 10.0. The Balaban J connectivity index is 2.44. The fourth-order valence-corrected chi connectivity index (χ4v) is 2.52. The van der Waals surface area contributed by atoms with Crippen LogP contribution in [0.3, 0.4) is 0 Å². The van der Waals surface area contributed by atoms with Gasteiger partial charge in [-0.3, -0.25) is 0 Å². The first kappa shape index (κ1) is 10.7. The lowest BCUT2D eigenvalue weighted by Gasteiger charge is -2.31. The SMILES string of the molecule is CC1Cc2oc(C(C)C)cc2C(C)(O)C1. The molecule has 0 bridgehead atoms. The van der Waals surface area contributed by atoms with Crippen molar-refractivity contribution < 1.29 is 9.52 Å². The molecule has 0 fully saturated rings. The molecule has 2 heteroatoms. The van der Waals surface area contributed by atoms with E-state index in [0.29, 0.717) is 11.8 Å². The lowest BCUT2D eigenvalue weighted by Crippen LogP contribution is -2.29. The topological polar surface area (TPSA) is 33.4 Å². The maximum absolute atomic E-state index is 10.3. The van der Waals surface area contributed by atoms with Crippen molar-refractivity contribution >= 4 is 0 Å². The fourth-order valence-electron chi connectivity index (χ4n) is 2.52. The number of hydrogen-bond donors (Lipinski definition) is 1. The molecule has 0 aliphatic heterocycles. The molecule has 15 heavy (non-hydrogen) atoms. The van der Waals surface area contributed by atoms with E-state index < -0.39 is 5.60 Å². The van der Waals surface area contributed by atoms with Crippen LogP contribution in [0.15, 0.2) is 10.5 Å². The van der Waals surface area contributed by atoms with Crippen LogP contribution in [0, 0.1) is 5.92 Å². The number of rotatable bonds is 1. The van der Waals surface area contributed by atoms with Gasteiger partial charge < -0.3 is 9.52 Å². The van der Waals surface area contributed by atoms with Crippen molar-refractivity contribution in [3.05, 3.63) is 23.2 Å². The Hall–Kier alpha value is -0.760. The summed E-state index contributed by atoms with van der Waals surface area (Å²) in [5.74, 6) is 2.87. The first-order valence-corrected chi connectivity index (χ1v) is 5.75. The van der Waals surface area contributed by atoms with Gasteiger partial charge in [0, 0.05) is 17.9 Å². The second-order valence-electron chi connectivity index (χ2n) is 5.43. The third kappa shape index (κ3) is 1.83. The minimum Gasteiger partial charge on any atom is -0.465 e. The van der Waals surface area contributed by atoms with Crippen molar-refractivity contribution in [3.63, 3.8) is 0 Å². The normalized spacial score (nSPS) is 30.7. The van der Waals surface area contributed by atoms with Crippen molar-refractivity contribution in [2.75, 3.05) is 0 Å². The van der Waals surface area contributed by atoms with E-state index >= 15 is 0 Å². The van der Waals surface area contributed by atoms with E-state index in [0.717, 1.165) is 29.9 Å². The van der Waals surface area contributed by atoms with Crippen LogP contribution in [0.2, 0.25) is 0 Å². The van der Waals surface area contributed by atoms with E-state index in [9.17, 15) is 5.11 Å². The quantitative estimate of drug-likeness (QED) is 0.769. The van der Waals surface area contributed by atoms with Crippen LogP contribution < -0.4 is 0 Å². The largest absolute Gasteiger partial charge is 0.465 e. The highest BCUT2D eigenvalue weighted by molar-refractivity contribution is 5.31. The maximum Gasteiger partial charge on any atom is 0.110 e. The summed E-state index contributed by atoms with van der Waals surface area (Å²) >= 11 is 0. The molecule has 0 saturated heterocycles. The van der Waals surface area contributed by atoms with Crippen molar-refractivity contribution in [1.82, 2.24) is 0 Å². The molecule has 2 atom stereocenters. The van der Waals surface area contributed by atoms with Crippen LogP contribution in [0.1, 0.15) is 57.1 Å². The second-order valence-corrected chi connectivity index (χ2v) is 5.43. The molecule has 1 aromatic heterocycles. The van der Waals surface area contributed by atoms with Gasteiger partial charge in [0.2, 0.25) is 0 Å². The van der Waals surface area contributed by atoms with Crippen LogP contribution >= 0.6 is 0 Å². The average Bonchev–Trinajstić information content (AvgIpc) is 2.46. The number of hydrogen-bond acceptors (Lipinski definition) is 2. The summed E-state index contributed by atoms with van der Waals surface area (Å²) in [6.07, 6.45) is 1.79.